The summed E-state index contributed by atoms with van der Waals surface area (Å²) >= 11 is 23.7. The van der Waals surface area contributed by atoms with E-state index in [1.807, 2.05) is 0 Å². The number of rotatable bonds is 8. The Labute approximate surface area is 165 Å². The molecule has 4 nitrogen and oxygen atoms in total. The van der Waals surface area contributed by atoms with Crippen LogP contribution >= 0.6 is 46.4 Å². The van der Waals surface area contributed by atoms with E-state index in [0.29, 0.717) is 34.6 Å². The number of halogens is 4. The molecule has 0 spiro atoms. The number of carboxylic acid groups (broad SMARTS) is 1. The molecule has 2 rings (SSSR count). The molecule has 0 bridgehead atoms. The Hall–Kier alpha value is -1.33. The second-order valence-electron chi connectivity index (χ2n) is 5.20. The van der Waals surface area contributed by atoms with Gasteiger partial charge >= 0.3 is 5.97 Å². The van der Waals surface area contributed by atoms with Gasteiger partial charge in [0.25, 0.3) is 0 Å². The monoisotopic (exact) mass is 421 g/mol. The lowest BCUT2D eigenvalue weighted by Crippen LogP contribution is -2.09. The van der Waals surface area contributed by atoms with E-state index < -0.39 is 5.97 Å². The van der Waals surface area contributed by atoms with Crippen molar-refractivity contribution in [2.24, 2.45) is 0 Å². The minimum Gasteiger partial charge on any atom is -0.493 e. The SMILES string of the molecule is O=C(O)c1cc(Cl)cc(Cl)c1NCCCCOc1cc(Cl)cc(Cl)c1. The van der Waals surface area contributed by atoms with E-state index in [1.165, 1.54) is 12.1 Å². The van der Waals surface area contributed by atoms with Gasteiger partial charge in [0, 0.05) is 21.6 Å². The van der Waals surface area contributed by atoms with Crippen LogP contribution in [0.5, 0.6) is 5.75 Å². The van der Waals surface area contributed by atoms with Crippen LogP contribution in [0.3, 0.4) is 0 Å². The van der Waals surface area contributed by atoms with E-state index in [-0.39, 0.29) is 15.6 Å². The summed E-state index contributed by atoms with van der Waals surface area (Å²) in [6.07, 6.45) is 1.51. The first-order chi connectivity index (χ1) is 11.9. The van der Waals surface area contributed by atoms with Crippen molar-refractivity contribution in [2.45, 2.75) is 12.8 Å². The molecule has 2 N–H and O–H groups in total. The van der Waals surface area contributed by atoms with Crippen LogP contribution in [0.1, 0.15) is 23.2 Å². The van der Waals surface area contributed by atoms with Gasteiger partial charge in [-0.25, -0.2) is 4.79 Å². The summed E-state index contributed by atoms with van der Waals surface area (Å²) in [4.78, 5) is 11.3. The molecule has 0 aliphatic heterocycles. The van der Waals surface area contributed by atoms with Crippen LogP contribution in [0.2, 0.25) is 20.1 Å². The molecule has 2 aromatic rings. The van der Waals surface area contributed by atoms with Gasteiger partial charge in [-0.2, -0.15) is 0 Å². The summed E-state index contributed by atoms with van der Waals surface area (Å²) in [5.41, 5.74) is 0.406. The van der Waals surface area contributed by atoms with Gasteiger partial charge in [0.05, 0.1) is 22.9 Å². The average Bonchev–Trinajstić information content (AvgIpc) is 2.50. The van der Waals surface area contributed by atoms with E-state index >= 15 is 0 Å². The highest BCUT2D eigenvalue weighted by Gasteiger charge is 2.14. The fourth-order valence-corrected chi connectivity index (χ4v) is 3.23. The number of hydrogen-bond donors (Lipinski definition) is 2. The lowest BCUT2D eigenvalue weighted by atomic mass is 10.1. The second kappa shape index (κ2) is 9.39. The smallest absolute Gasteiger partial charge is 0.337 e. The summed E-state index contributed by atoms with van der Waals surface area (Å²) in [6.45, 7) is 1.03. The zero-order chi connectivity index (χ0) is 18.4. The maximum Gasteiger partial charge on any atom is 0.337 e. The van der Waals surface area contributed by atoms with Crippen LogP contribution in [0.4, 0.5) is 5.69 Å². The Kier molecular flexibility index (Phi) is 7.51. The van der Waals surface area contributed by atoms with E-state index in [0.717, 1.165) is 12.8 Å². The zero-order valence-electron chi connectivity index (χ0n) is 13.0. The lowest BCUT2D eigenvalue weighted by Gasteiger charge is -2.12. The molecular weight excluding hydrogens is 408 g/mol. The van der Waals surface area contributed by atoms with Crippen molar-refractivity contribution < 1.29 is 14.6 Å². The van der Waals surface area contributed by atoms with Gasteiger partial charge < -0.3 is 15.2 Å². The molecule has 8 heteroatoms. The van der Waals surface area contributed by atoms with Gasteiger partial charge in [-0.15, -0.1) is 0 Å². The topological polar surface area (TPSA) is 58.6 Å². The standard InChI is InChI=1S/C17H15Cl4NO3/c18-10-5-11(19)7-13(6-10)25-4-2-1-3-22-16-14(17(23)24)8-12(20)9-15(16)21/h5-9,22H,1-4H2,(H,23,24). The highest BCUT2D eigenvalue weighted by Crippen LogP contribution is 2.30. The summed E-state index contributed by atoms with van der Waals surface area (Å²) in [5, 5.41) is 13.9. The Bertz CT molecular complexity index is 748. The van der Waals surface area contributed by atoms with E-state index in [1.54, 1.807) is 18.2 Å². The molecule has 2 aromatic carbocycles. The van der Waals surface area contributed by atoms with Crippen molar-refractivity contribution in [3.8, 4) is 5.75 Å². The van der Waals surface area contributed by atoms with Crippen molar-refractivity contribution in [3.63, 3.8) is 0 Å². The Morgan fingerprint density at radius 1 is 0.960 bits per heavy atom. The quantitative estimate of drug-likeness (QED) is 0.492. The number of anilines is 1. The molecule has 0 heterocycles. The number of carboxylic acids is 1. The zero-order valence-corrected chi connectivity index (χ0v) is 16.0. The van der Waals surface area contributed by atoms with E-state index in [4.69, 9.17) is 51.1 Å². The van der Waals surface area contributed by atoms with Crippen molar-refractivity contribution >= 4 is 58.1 Å². The number of nitrogens with one attached hydrogen (secondary N) is 1. The molecule has 134 valence electrons. The van der Waals surface area contributed by atoms with E-state index in [9.17, 15) is 9.90 Å². The largest absolute Gasteiger partial charge is 0.493 e. The molecule has 0 aliphatic rings. The van der Waals surface area contributed by atoms with Crippen LogP contribution in [-0.4, -0.2) is 24.2 Å². The van der Waals surface area contributed by atoms with Crippen LogP contribution in [0.15, 0.2) is 30.3 Å². The third-order valence-corrected chi connectivity index (χ3v) is 4.22. The van der Waals surface area contributed by atoms with Gasteiger partial charge in [-0.3, -0.25) is 0 Å². The number of carbonyl (C=O) groups is 1. The third kappa shape index (κ3) is 6.15. The van der Waals surface area contributed by atoms with Crippen molar-refractivity contribution in [1.29, 1.82) is 0 Å². The molecule has 0 aromatic heterocycles. The first kappa shape index (κ1) is 20.0. The Balaban J connectivity index is 1.81. The number of unbranched alkanes of at least 4 members (excludes halogenated alkanes) is 1. The van der Waals surface area contributed by atoms with Crippen molar-refractivity contribution in [3.05, 3.63) is 56.0 Å². The second-order valence-corrected chi connectivity index (χ2v) is 6.92. The van der Waals surface area contributed by atoms with Crippen molar-refractivity contribution in [2.75, 3.05) is 18.5 Å². The predicted octanol–water partition coefficient (Wildman–Crippen LogP) is 6.27. The Morgan fingerprint density at radius 2 is 1.60 bits per heavy atom. The highest BCUT2D eigenvalue weighted by molar-refractivity contribution is 6.37. The Morgan fingerprint density at radius 3 is 2.24 bits per heavy atom. The van der Waals surface area contributed by atoms with Crippen LogP contribution in [0.25, 0.3) is 0 Å². The third-order valence-electron chi connectivity index (χ3n) is 3.26. The lowest BCUT2D eigenvalue weighted by molar-refractivity contribution is 0.0698. The van der Waals surface area contributed by atoms with Crippen LogP contribution in [-0.2, 0) is 0 Å². The summed E-state index contributed by atoms with van der Waals surface area (Å²) in [6, 6.07) is 7.89. The predicted molar refractivity (Wildman–Crippen MR) is 103 cm³/mol. The maximum absolute atomic E-state index is 11.3. The molecule has 0 unspecified atom stereocenters. The first-order valence-electron chi connectivity index (χ1n) is 7.42. The van der Waals surface area contributed by atoms with Gasteiger partial charge in [0.2, 0.25) is 0 Å². The normalized spacial score (nSPS) is 10.6. The summed E-state index contributed by atoms with van der Waals surface area (Å²) in [5.74, 6) is -0.479. The number of benzene rings is 2. The molecule has 0 amide bonds. The molecule has 0 atom stereocenters. The molecule has 0 fully saturated rings. The molecular formula is C17H15Cl4NO3. The van der Waals surface area contributed by atoms with E-state index in [2.05, 4.69) is 5.32 Å². The number of aromatic carboxylic acids is 1. The average molecular weight is 423 g/mol. The van der Waals surface area contributed by atoms with Gasteiger partial charge in [0.1, 0.15) is 5.75 Å². The van der Waals surface area contributed by atoms with Crippen LogP contribution < -0.4 is 10.1 Å². The summed E-state index contributed by atoms with van der Waals surface area (Å²) < 4.78 is 5.59. The minimum absolute atomic E-state index is 0.0438. The molecule has 25 heavy (non-hydrogen) atoms. The minimum atomic E-state index is -1.09. The molecule has 0 saturated carbocycles. The number of hydrogen-bond acceptors (Lipinski definition) is 3. The maximum atomic E-state index is 11.3. The van der Waals surface area contributed by atoms with Gasteiger partial charge in [-0.05, 0) is 43.2 Å². The van der Waals surface area contributed by atoms with Gasteiger partial charge in [0.15, 0.2) is 0 Å². The molecule has 0 saturated heterocycles. The van der Waals surface area contributed by atoms with Gasteiger partial charge in [-0.1, -0.05) is 46.4 Å². The highest BCUT2D eigenvalue weighted by atomic mass is 35.5. The number of ether oxygens (including phenoxy) is 1. The van der Waals surface area contributed by atoms with Crippen LogP contribution in [0, 0.1) is 0 Å². The molecule has 0 aliphatic carbocycles. The fourth-order valence-electron chi connectivity index (χ4n) is 2.16. The molecule has 0 radical (unpaired) electrons. The fraction of sp³-hybridized carbons (Fsp3) is 0.235. The first-order valence-corrected chi connectivity index (χ1v) is 8.93. The van der Waals surface area contributed by atoms with Crippen molar-refractivity contribution in [1.82, 2.24) is 0 Å². The summed E-state index contributed by atoms with van der Waals surface area (Å²) in [7, 11) is 0.